The van der Waals surface area contributed by atoms with E-state index in [1.165, 1.54) is 23.6 Å². The molecule has 0 radical (unpaired) electrons. The molecule has 0 saturated carbocycles. The molecule has 0 atom stereocenters. The van der Waals surface area contributed by atoms with Gasteiger partial charge in [0.1, 0.15) is 5.56 Å². The van der Waals surface area contributed by atoms with Crippen molar-refractivity contribution in [1.29, 1.82) is 0 Å². The number of rotatable bonds is 4. The number of aromatic carboxylic acids is 1. The van der Waals surface area contributed by atoms with Crippen LogP contribution in [-0.2, 0) is 0 Å². The summed E-state index contributed by atoms with van der Waals surface area (Å²) in [5.41, 5.74) is 1.54. The second-order valence-corrected chi connectivity index (χ2v) is 9.44. The van der Waals surface area contributed by atoms with Crippen molar-refractivity contribution in [2.24, 2.45) is 0 Å². The first kappa shape index (κ1) is 19.0. The molecule has 0 amide bonds. The molecule has 30 heavy (non-hydrogen) atoms. The summed E-state index contributed by atoms with van der Waals surface area (Å²) in [6.07, 6.45) is 5.48. The smallest absolute Gasteiger partial charge is 0.341 e. The lowest BCUT2D eigenvalue weighted by atomic mass is 10.2. The molecule has 0 spiro atoms. The van der Waals surface area contributed by atoms with Crippen LogP contribution in [0.4, 0.5) is 5.13 Å². The molecule has 152 valence electrons. The number of nitrogens with zero attached hydrogens (tertiary/aromatic N) is 4. The molecule has 0 unspecified atom stereocenters. The largest absolute Gasteiger partial charge is 0.477 e. The van der Waals surface area contributed by atoms with Crippen molar-refractivity contribution in [3.05, 3.63) is 57.5 Å². The highest BCUT2D eigenvalue weighted by Crippen LogP contribution is 2.34. The number of hydrogen-bond acceptors (Lipinski definition) is 7. The SMILES string of the molecule is Cc1nc2ccc(-n3cc(C(=O)O)c(=O)cc3-c3cnc(N4CCCC4)s3)cc2s1. The van der Waals surface area contributed by atoms with Gasteiger partial charge in [-0.05, 0) is 38.0 Å². The van der Waals surface area contributed by atoms with E-state index in [1.54, 1.807) is 22.1 Å². The monoisotopic (exact) mass is 438 g/mol. The van der Waals surface area contributed by atoms with Crippen LogP contribution in [0.2, 0.25) is 0 Å². The highest BCUT2D eigenvalue weighted by Gasteiger charge is 2.20. The van der Waals surface area contributed by atoms with Crippen molar-refractivity contribution < 1.29 is 9.90 Å². The number of carbonyl (C=O) groups is 1. The number of fused-ring (bicyclic) bond motifs is 1. The Kier molecular flexibility index (Phi) is 4.63. The van der Waals surface area contributed by atoms with Crippen LogP contribution < -0.4 is 10.3 Å². The van der Waals surface area contributed by atoms with Crippen LogP contribution in [-0.4, -0.2) is 38.7 Å². The first-order chi connectivity index (χ1) is 14.5. The second kappa shape index (κ2) is 7.33. The number of pyridine rings is 1. The van der Waals surface area contributed by atoms with E-state index in [-0.39, 0.29) is 5.56 Å². The van der Waals surface area contributed by atoms with Crippen molar-refractivity contribution in [3.63, 3.8) is 0 Å². The molecule has 7 nitrogen and oxygen atoms in total. The van der Waals surface area contributed by atoms with Crippen LogP contribution in [0.5, 0.6) is 0 Å². The van der Waals surface area contributed by atoms with Crippen molar-refractivity contribution in [2.75, 3.05) is 18.0 Å². The molecule has 1 aliphatic rings. The van der Waals surface area contributed by atoms with Crippen LogP contribution >= 0.6 is 22.7 Å². The lowest BCUT2D eigenvalue weighted by Crippen LogP contribution is -2.18. The van der Waals surface area contributed by atoms with Crippen molar-refractivity contribution in [3.8, 4) is 16.3 Å². The van der Waals surface area contributed by atoms with Gasteiger partial charge in [-0.2, -0.15) is 0 Å². The Bertz CT molecular complexity index is 1330. The minimum atomic E-state index is -1.24. The van der Waals surface area contributed by atoms with E-state index in [0.717, 1.165) is 56.9 Å². The van der Waals surface area contributed by atoms with E-state index < -0.39 is 11.4 Å². The molecule has 4 heterocycles. The highest BCUT2D eigenvalue weighted by atomic mass is 32.1. The Morgan fingerprint density at radius 2 is 1.97 bits per heavy atom. The van der Waals surface area contributed by atoms with Gasteiger partial charge < -0.3 is 14.6 Å². The van der Waals surface area contributed by atoms with Crippen LogP contribution in [0.1, 0.15) is 28.2 Å². The molecule has 5 rings (SSSR count). The molecule has 1 aromatic carbocycles. The Balaban J connectivity index is 1.68. The maximum atomic E-state index is 12.5. The number of anilines is 1. The topological polar surface area (TPSA) is 88.3 Å². The summed E-state index contributed by atoms with van der Waals surface area (Å²) in [7, 11) is 0. The van der Waals surface area contributed by atoms with Crippen molar-refractivity contribution in [1.82, 2.24) is 14.5 Å². The minimum Gasteiger partial charge on any atom is -0.477 e. The fourth-order valence-corrected chi connectivity index (χ4v) is 5.56. The average Bonchev–Trinajstić information content (AvgIpc) is 3.46. The van der Waals surface area contributed by atoms with Gasteiger partial charge in [-0.3, -0.25) is 4.79 Å². The summed E-state index contributed by atoms with van der Waals surface area (Å²) in [5.74, 6) is -1.24. The van der Waals surface area contributed by atoms with Crippen LogP contribution in [0.3, 0.4) is 0 Å². The van der Waals surface area contributed by atoms with E-state index in [9.17, 15) is 14.7 Å². The zero-order valence-electron chi connectivity index (χ0n) is 16.2. The van der Waals surface area contributed by atoms with E-state index in [1.807, 2.05) is 25.1 Å². The number of carboxylic acid groups (broad SMARTS) is 1. The summed E-state index contributed by atoms with van der Waals surface area (Å²) in [5, 5.41) is 11.4. The van der Waals surface area contributed by atoms with E-state index >= 15 is 0 Å². The van der Waals surface area contributed by atoms with E-state index in [2.05, 4.69) is 14.9 Å². The normalized spacial score (nSPS) is 14.0. The van der Waals surface area contributed by atoms with Gasteiger partial charge in [0.05, 0.1) is 25.8 Å². The molecule has 0 bridgehead atoms. The highest BCUT2D eigenvalue weighted by molar-refractivity contribution is 7.19. The summed E-state index contributed by atoms with van der Waals surface area (Å²) < 4.78 is 2.77. The first-order valence-electron chi connectivity index (χ1n) is 9.58. The van der Waals surface area contributed by atoms with Crippen molar-refractivity contribution >= 4 is 44.0 Å². The average molecular weight is 439 g/mol. The predicted octanol–water partition coefficient (Wildman–Crippen LogP) is 4.18. The van der Waals surface area contributed by atoms with Crippen LogP contribution in [0.25, 0.3) is 26.5 Å². The number of thiazole rings is 2. The fourth-order valence-electron chi connectivity index (χ4n) is 3.71. The quantitative estimate of drug-likeness (QED) is 0.514. The third kappa shape index (κ3) is 3.29. The number of hydrogen-bond donors (Lipinski definition) is 1. The second-order valence-electron chi connectivity index (χ2n) is 7.20. The first-order valence-corrected chi connectivity index (χ1v) is 11.2. The maximum Gasteiger partial charge on any atom is 0.341 e. The van der Waals surface area contributed by atoms with Gasteiger partial charge in [0, 0.05) is 37.2 Å². The Hall–Kier alpha value is -3.04. The van der Waals surface area contributed by atoms with Gasteiger partial charge >= 0.3 is 5.97 Å². The number of carboxylic acids is 1. The molecule has 9 heteroatoms. The zero-order chi connectivity index (χ0) is 20.8. The van der Waals surface area contributed by atoms with Crippen molar-refractivity contribution in [2.45, 2.75) is 19.8 Å². The molecule has 1 aliphatic heterocycles. The third-order valence-corrected chi connectivity index (χ3v) is 7.18. The van der Waals surface area contributed by atoms with Gasteiger partial charge in [0.25, 0.3) is 0 Å². The minimum absolute atomic E-state index is 0.261. The zero-order valence-corrected chi connectivity index (χ0v) is 17.8. The predicted molar refractivity (Wildman–Crippen MR) is 119 cm³/mol. The lowest BCUT2D eigenvalue weighted by Gasteiger charge is -2.14. The summed E-state index contributed by atoms with van der Waals surface area (Å²) in [6.45, 7) is 3.92. The van der Waals surface area contributed by atoms with Gasteiger partial charge in [0.15, 0.2) is 10.6 Å². The van der Waals surface area contributed by atoms with Crippen LogP contribution in [0, 0.1) is 6.92 Å². The Labute approximate surface area is 179 Å². The molecular formula is C21H18N4O3S2. The van der Waals surface area contributed by atoms with Gasteiger partial charge in [-0.25, -0.2) is 14.8 Å². The Morgan fingerprint density at radius 1 is 1.17 bits per heavy atom. The maximum absolute atomic E-state index is 12.5. The number of aromatic nitrogens is 3. The summed E-state index contributed by atoms with van der Waals surface area (Å²) >= 11 is 3.10. The molecule has 4 aromatic rings. The lowest BCUT2D eigenvalue weighted by molar-refractivity contribution is 0.0695. The fraction of sp³-hybridized carbons (Fsp3) is 0.238. The number of benzene rings is 1. The standard InChI is InChI=1S/C21H18N4O3S2/c1-12-23-15-5-4-13(8-18(15)29-12)25-11-14(20(27)28)17(26)9-16(25)19-10-22-21(30-19)24-6-2-3-7-24/h4-5,8-11H,2-3,6-7H2,1H3,(H,27,28). The van der Waals surface area contributed by atoms with Crippen LogP contribution in [0.15, 0.2) is 41.5 Å². The summed E-state index contributed by atoms with van der Waals surface area (Å²) in [4.78, 5) is 36.2. The van der Waals surface area contributed by atoms with Gasteiger partial charge in [-0.15, -0.1) is 11.3 Å². The molecule has 1 saturated heterocycles. The number of aryl methyl sites for hydroxylation is 1. The third-order valence-electron chi connectivity index (χ3n) is 5.16. The molecule has 0 aliphatic carbocycles. The molecule has 3 aromatic heterocycles. The molecule has 1 N–H and O–H groups in total. The molecule has 1 fully saturated rings. The molecular weight excluding hydrogens is 420 g/mol. The van der Waals surface area contributed by atoms with Gasteiger partial charge in [0.2, 0.25) is 0 Å². The summed E-state index contributed by atoms with van der Waals surface area (Å²) in [6, 6.07) is 7.18. The Morgan fingerprint density at radius 3 is 2.73 bits per heavy atom. The van der Waals surface area contributed by atoms with Gasteiger partial charge in [-0.1, -0.05) is 11.3 Å². The van der Waals surface area contributed by atoms with E-state index in [4.69, 9.17) is 0 Å². The van der Waals surface area contributed by atoms with E-state index in [0.29, 0.717) is 5.69 Å².